The molecular weight excluding hydrogens is 242 g/mol. The molecule has 0 aromatic carbocycles. The number of rotatable bonds is 3. The molecule has 5 nitrogen and oxygen atoms in total. The number of anilines is 1. The summed E-state index contributed by atoms with van der Waals surface area (Å²) in [4.78, 5) is 0. The van der Waals surface area contributed by atoms with E-state index in [9.17, 15) is 0 Å². The molecule has 1 aliphatic carbocycles. The highest BCUT2D eigenvalue weighted by Crippen LogP contribution is 2.43. The van der Waals surface area contributed by atoms with Crippen LogP contribution >= 0.6 is 0 Å². The molecule has 1 aromatic rings. The van der Waals surface area contributed by atoms with Gasteiger partial charge in [-0.25, -0.2) is 4.68 Å². The van der Waals surface area contributed by atoms with Gasteiger partial charge in [0.15, 0.2) is 5.79 Å². The summed E-state index contributed by atoms with van der Waals surface area (Å²) in [5.41, 5.74) is 7.01. The molecule has 0 spiro atoms. The molecule has 1 fully saturated rings. The van der Waals surface area contributed by atoms with Gasteiger partial charge in [0.05, 0.1) is 11.2 Å². The Kier molecular flexibility index (Phi) is 3.62. The van der Waals surface area contributed by atoms with Crippen molar-refractivity contribution >= 4 is 5.82 Å². The lowest BCUT2D eigenvalue weighted by Crippen LogP contribution is -2.30. The largest absolute Gasteiger partial charge is 0.384 e. The van der Waals surface area contributed by atoms with Crippen LogP contribution in [0.25, 0.3) is 0 Å². The van der Waals surface area contributed by atoms with Crippen LogP contribution < -0.4 is 5.73 Å². The number of nitrogens with zero attached hydrogens (tertiary/aromatic N) is 2. The summed E-state index contributed by atoms with van der Waals surface area (Å²) in [5.74, 6) is 0.617. The fourth-order valence-corrected chi connectivity index (χ4v) is 2.83. The summed E-state index contributed by atoms with van der Waals surface area (Å²) in [6.07, 6.45) is 2.75. The van der Waals surface area contributed by atoms with Gasteiger partial charge in [-0.1, -0.05) is 0 Å². The van der Waals surface area contributed by atoms with E-state index >= 15 is 0 Å². The Morgan fingerprint density at radius 1 is 1.37 bits per heavy atom. The van der Waals surface area contributed by atoms with Gasteiger partial charge >= 0.3 is 0 Å². The number of ether oxygens (including phenoxy) is 2. The van der Waals surface area contributed by atoms with Crippen LogP contribution in [-0.2, 0) is 15.0 Å². The van der Waals surface area contributed by atoms with E-state index in [0.717, 1.165) is 30.8 Å². The molecular formula is C14H25N3O2. The van der Waals surface area contributed by atoms with Crippen LogP contribution in [0.3, 0.4) is 0 Å². The monoisotopic (exact) mass is 267 g/mol. The molecule has 19 heavy (non-hydrogen) atoms. The highest BCUT2D eigenvalue weighted by atomic mass is 16.7. The lowest BCUT2D eigenvalue weighted by Gasteiger charge is -2.25. The second-order valence-corrected chi connectivity index (χ2v) is 6.34. The molecule has 1 atom stereocenters. The van der Waals surface area contributed by atoms with E-state index in [1.165, 1.54) is 0 Å². The van der Waals surface area contributed by atoms with Gasteiger partial charge in [0.1, 0.15) is 5.82 Å². The second-order valence-electron chi connectivity index (χ2n) is 6.34. The third-order valence-electron chi connectivity index (χ3n) is 3.98. The number of hydrogen-bond acceptors (Lipinski definition) is 4. The van der Waals surface area contributed by atoms with Gasteiger partial charge in [-0.15, -0.1) is 0 Å². The maximum Gasteiger partial charge on any atom is 0.168 e. The summed E-state index contributed by atoms with van der Waals surface area (Å²) in [6.45, 7) is 6.30. The van der Waals surface area contributed by atoms with Gasteiger partial charge in [-0.05, 0) is 27.2 Å². The van der Waals surface area contributed by atoms with Crippen LogP contribution in [0, 0.1) is 0 Å². The van der Waals surface area contributed by atoms with Crippen molar-refractivity contribution in [3.8, 4) is 0 Å². The Hall–Kier alpha value is -1.07. The Morgan fingerprint density at radius 3 is 2.42 bits per heavy atom. The quantitative estimate of drug-likeness (QED) is 0.855. The van der Waals surface area contributed by atoms with Gasteiger partial charge in [-0.2, -0.15) is 5.10 Å². The predicted octanol–water partition coefficient (Wildman–Crippen LogP) is 2.48. The van der Waals surface area contributed by atoms with Crippen molar-refractivity contribution in [3.05, 3.63) is 11.8 Å². The molecule has 2 N–H and O–H groups in total. The molecule has 1 saturated carbocycles. The molecule has 0 bridgehead atoms. The molecule has 0 aliphatic heterocycles. The molecule has 5 heteroatoms. The molecule has 1 heterocycles. The topological polar surface area (TPSA) is 62.3 Å². The van der Waals surface area contributed by atoms with Gasteiger partial charge in [0.2, 0.25) is 0 Å². The van der Waals surface area contributed by atoms with Gasteiger partial charge in [-0.3, -0.25) is 0 Å². The lowest BCUT2D eigenvalue weighted by atomic mass is 10.0. The van der Waals surface area contributed by atoms with Crippen molar-refractivity contribution in [2.24, 2.45) is 0 Å². The fourth-order valence-electron chi connectivity index (χ4n) is 2.83. The molecule has 2 rings (SSSR count). The van der Waals surface area contributed by atoms with Gasteiger partial charge in [0.25, 0.3) is 0 Å². The van der Waals surface area contributed by atoms with Crippen molar-refractivity contribution in [1.29, 1.82) is 0 Å². The maximum absolute atomic E-state index is 6.07. The SMILES string of the molecule is COC1(OC)CCC(c2cc(N)n(C(C)(C)C)n2)C1. The smallest absolute Gasteiger partial charge is 0.168 e. The Labute approximate surface area is 115 Å². The minimum absolute atomic E-state index is 0.0967. The molecule has 108 valence electrons. The predicted molar refractivity (Wildman–Crippen MR) is 75.0 cm³/mol. The van der Waals surface area contributed by atoms with Crippen molar-refractivity contribution < 1.29 is 9.47 Å². The first kappa shape index (κ1) is 14.3. The standard InChI is InChI=1S/C14H25N3O2/c1-13(2,3)17-12(15)8-11(16-17)10-6-7-14(9-10,18-4)19-5/h8,10H,6-7,9,15H2,1-5H3. The van der Waals surface area contributed by atoms with Crippen LogP contribution in [0.4, 0.5) is 5.82 Å². The Morgan fingerprint density at radius 2 is 2.00 bits per heavy atom. The van der Waals surface area contributed by atoms with Crippen molar-refractivity contribution in [2.75, 3.05) is 20.0 Å². The normalized spacial score (nSPS) is 22.9. The number of methoxy groups -OCH3 is 2. The average molecular weight is 267 g/mol. The van der Waals surface area contributed by atoms with E-state index < -0.39 is 5.79 Å². The van der Waals surface area contributed by atoms with E-state index in [0.29, 0.717) is 5.92 Å². The summed E-state index contributed by atoms with van der Waals surface area (Å²) in [6, 6.07) is 1.98. The van der Waals surface area contributed by atoms with Crippen LogP contribution in [0.15, 0.2) is 6.07 Å². The molecule has 0 amide bonds. The highest BCUT2D eigenvalue weighted by molar-refractivity contribution is 5.34. The second kappa shape index (κ2) is 4.80. The molecule has 0 radical (unpaired) electrons. The fraction of sp³-hybridized carbons (Fsp3) is 0.786. The summed E-state index contributed by atoms with van der Waals surface area (Å²) < 4.78 is 12.9. The first-order valence-electron chi connectivity index (χ1n) is 6.77. The number of nitrogens with two attached hydrogens (primary N) is 1. The minimum Gasteiger partial charge on any atom is -0.384 e. The summed E-state index contributed by atoms with van der Waals surface area (Å²) in [7, 11) is 3.40. The number of aromatic nitrogens is 2. The summed E-state index contributed by atoms with van der Waals surface area (Å²) in [5, 5.41) is 4.68. The molecule has 1 aromatic heterocycles. The zero-order valence-corrected chi connectivity index (χ0v) is 12.6. The van der Waals surface area contributed by atoms with Crippen molar-refractivity contribution in [1.82, 2.24) is 9.78 Å². The lowest BCUT2D eigenvalue weighted by molar-refractivity contribution is -0.201. The molecule has 1 aliphatic rings. The van der Waals surface area contributed by atoms with Crippen LogP contribution in [-0.4, -0.2) is 29.8 Å². The summed E-state index contributed by atoms with van der Waals surface area (Å²) >= 11 is 0. The third kappa shape index (κ3) is 2.62. The van der Waals surface area contributed by atoms with E-state index in [4.69, 9.17) is 15.2 Å². The van der Waals surface area contributed by atoms with E-state index in [1.807, 2.05) is 10.7 Å². The third-order valence-corrected chi connectivity index (χ3v) is 3.98. The number of nitrogen functional groups attached to an aromatic ring is 1. The maximum atomic E-state index is 6.07. The zero-order valence-electron chi connectivity index (χ0n) is 12.6. The highest BCUT2D eigenvalue weighted by Gasteiger charge is 2.41. The number of hydrogen-bond donors (Lipinski definition) is 1. The molecule has 0 saturated heterocycles. The van der Waals surface area contributed by atoms with E-state index in [-0.39, 0.29) is 5.54 Å². The van der Waals surface area contributed by atoms with Gasteiger partial charge in [0, 0.05) is 39.0 Å². The van der Waals surface area contributed by atoms with Crippen LogP contribution in [0.2, 0.25) is 0 Å². The van der Waals surface area contributed by atoms with E-state index in [2.05, 4.69) is 25.9 Å². The first-order valence-corrected chi connectivity index (χ1v) is 6.77. The van der Waals surface area contributed by atoms with Crippen LogP contribution in [0.1, 0.15) is 51.6 Å². The zero-order chi connectivity index (χ0) is 14.3. The Bertz CT molecular complexity index is 444. The van der Waals surface area contributed by atoms with Crippen LogP contribution in [0.5, 0.6) is 0 Å². The first-order chi connectivity index (χ1) is 8.81. The van der Waals surface area contributed by atoms with Crippen molar-refractivity contribution in [3.63, 3.8) is 0 Å². The van der Waals surface area contributed by atoms with Gasteiger partial charge < -0.3 is 15.2 Å². The van der Waals surface area contributed by atoms with E-state index in [1.54, 1.807) is 14.2 Å². The minimum atomic E-state index is -0.453. The van der Waals surface area contributed by atoms with Crippen molar-refractivity contribution in [2.45, 2.75) is 57.3 Å². The molecule has 1 unspecified atom stereocenters. The average Bonchev–Trinajstić information content (AvgIpc) is 2.92. The Balaban J connectivity index is 2.21.